The number of rotatable bonds is 6. The van der Waals surface area contributed by atoms with Crippen molar-refractivity contribution in [1.29, 1.82) is 0 Å². The Kier molecular flexibility index (Phi) is 7.46. The monoisotopic (exact) mass is 715 g/mol. The van der Waals surface area contributed by atoms with Crippen LogP contribution < -0.4 is 0 Å². The lowest BCUT2D eigenvalue weighted by Crippen LogP contribution is -1.96. The molecular weight excluding hydrogens is 683 g/mol. The van der Waals surface area contributed by atoms with Crippen LogP contribution in [-0.2, 0) is 0 Å². The van der Waals surface area contributed by atoms with Gasteiger partial charge in [-0.3, -0.25) is 0 Å². The largest absolute Gasteiger partial charge is 0.456 e. The molecule has 0 radical (unpaired) electrons. The van der Waals surface area contributed by atoms with Gasteiger partial charge in [0, 0.05) is 32.8 Å². The minimum Gasteiger partial charge on any atom is -0.456 e. The maximum absolute atomic E-state index is 6.72. The summed E-state index contributed by atoms with van der Waals surface area (Å²) in [7, 11) is 0. The Morgan fingerprint density at radius 3 is 1.36 bits per heavy atom. The first kappa shape index (κ1) is 31.9. The molecule has 0 spiro atoms. The standard InChI is InChI=1S/C52H33N3O/c1-5-14-34(15-6-1)38-24-27-41-42-28-25-39(35-16-7-2-8-17-35)31-48(42)55(47(41)30-38)46-22-13-23-49-51(46)43-29-26-40(32-50(43)56-49)52-53-44(36-18-9-3-10-19-36)33-45(54-52)37-20-11-4-12-21-37/h1-33H. The second-order valence-electron chi connectivity index (χ2n) is 14.2. The summed E-state index contributed by atoms with van der Waals surface area (Å²) in [4.78, 5) is 10.2. The third-order valence-corrected chi connectivity index (χ3v) is 10.8. The molecular formula is C52H33N3O. The fourth-order valence-corrected chi connectivity index (χ4v) is 8.12. The fourth-order valence-electron chi connectivity index (χ4n) is 8.12. The molecule has 0 saturated carbocycles. The molecule has 0 aliphatic carbocycles. The van der Waals surface area contributed by atoms with Crippen molar-refractivity contribution in [3.05, 3.63) is 200 Å². The first-order chi connectivity index (χ1) is 27.7. The van der Waals surface area contributed by atoms with Gasteiger partial charge in [-0.15, -0.1) is 0 Å². The average molecular weight is 716 g/mol. The summed E-state index contributed by atoms with van der Waals surface area (Å²) in [5.74, 6) is 0.650. The minimum atomic E-state index is 0.650. The van der Waals surface area contributed by atoms with Crippen molar-refractivity contribution >= 4 is 43.7 Å². The SMILES string of the molecule is c1ccc(-c2ccc3c4ccc(-c5ccccc5)cc4n(-c4cccc5oc6cc(-c7nc(-c8ccccc8)cc(-c8ccccc8)n7)ccc6c45)c3c2)cc1. The van der Waals surface area contributed by atoms with E-state index >= 15 is 0 Å². The number of benzene rings is 8. The van der Waals surface area contributed by atoms with Crippen molar-refractivity contribution in [3.63, 3.8) is 0 Å². The summed E-state index contributed by atoms with van der Waals surface area (Å²) in [5, 5.41) is 4.51. The smallest absolute Gasteiger partial charge is 0.160 e. The maximum Gasteiger partial charge on any atom is 0.160 e. The zero-order chi connectivity index (χ0) is 37.0. The van der Waals surface area contributed by atoms with Crippen molar-refractivity contribution in [3.8, 4) is 61.8 Å². The zero-order valence-electron chi connectivity index (χ0n) is 30.3. The van der Waals surface area contributed by atoms with E-state index < -0.39 is 0 Å². The molecule has 11 rings (SSSR count). The first-order valence-electron chi connectivity index (χ1n) is 18.9. The summed E-state index contributed by atoms with van der Waals surface area (Å²) in [6, 6.07) is 70.3. The lowest BCUT2D eigenvalue weighted by atomic mass is 10.0. The summed E-state index contributed by atoms with van der Waals surface area (Å²) < 4.78 is 9.15. The molecule has 4 nitrogen and oxygen atoms in total. The van der Waals surface area contributed by atoms with Crippen molar-refractivity contribution in [2.24, 2.45) is 0 Å². The molecule has 0 aliphatic heterocycles. The van der Waals surface area contributed by atoms with E-state index in [1.165, 1.54) is 33.0 Å². The lowest BCUT2D eigenvalue weighted by Gasteiger charge is -2.12. The Hall–Kier alpha value is -7.56. The molecule has 0 unspecified atom stereocenters. The van der Waals surface area contributed by atoms with Gasteiger partial charge in [-0.1, -0.05) is 158 Å². The van der Waals surface area contributed by atoms with Crippen LogP contribution in [0.2, 0.25) is 0 Å². The molecule has 0 aliphatic rings. The van der Waals surface area contributed by atoms with Gasteiger partial charge in [-0.2, -0.15) is 0 Å². The quantitative estimate of drug-likeness (QED) is 0.172. The number of hydrogen-bond acceptors (Lipinski definition) is 3. The summed E-state index contributed by atoms with van der Waals surface area (Å²) >= 11 is 0. The molecule has 11 aromatic rings. The Morgan fingerprint density at radius 1 is 0.339 bits per heavy atom. The van der Waals surface area contributed by atoms with Gasteiger partial charge in [0.05, 0.1) is 33.5 Å². The lowest BCUT2D eigenvalue weighted by molar-refractivity contribution is 0.669. The Labute approximate surface area is 323 Å². The van der Waals surface area contributed by atoms with Crippen molar-refractivity contribution < 1.29 is 4.42 Å². The van der Waals surface area contributed by atoms with E-state index in [0.717, 1.165) is 66.7 Å². The van der Waals surface area contributed by atoms with E-state index in [-0.39, 0.29) is 0 Å². The third-order valence-electron chi connectivity index (χ3n) is 10.8. The highest BCUT2D eigenvalue weighted by atomic mass is 16.3. The first-order valence-corrected chi connectivity index (χ1v) is 18.9. The minimum absolute atomic E-state index is 0.650. The predicted octanol–water partition coefficient (Wildman–Crippen LogP) is 13.8. The molecule has 0 fully saturated rings. The molecule has 262 valence electrons. The van der Waals surface area contributed by atoms with Crippen LogP contribution in [0.15, 0.2) is 205 Å². The summed E-state index contributed by atoms with van der Waals surface area (Å²) in [6.45, 7) is 0. The van der Waals surface area contributed by atoms with Crippen LogP contribution in [0.1, 0.15) is 0 Å². The number of nitrogens with zero attached hydrogens (tertiary/aromatic N) is 3. The van der Waals surface area contributed by atoms with E-state index in [0.29, 0.717) is 5.82 Å². The molecule has 4 heteroatoms. The summed E-state index contributed by atoms with van der Waals surface area (Å²) in [5.41, 5.74) is 14.4. The van der Waals surface area contributed by atoms with Crippen LogP contribution in [0.5, 0.6) is 0 Å². The third kappa shape index (κ3) is 5.39. The van der Waals surface area contributed by atoms with E-state index in [1.54, 1.807) is 0 Å². The Morgan fingerprint density at radius 2 is 0.821 bits per heavy atom. The van der Waals surface area contributed by atoms with Crippen molar-refractivity contribution in [2.45, 2.75) is 0 Å². The van der Waals surface area contributed by atoms with Gasteiger partial charge in [0.2, 0.25) is 0 Å². The molecule has 0 amide bonds. The molecule has 0 atom stereocenters. The molecule has 0 saturated heterocycles. The van der Waals surface area contributed by atoms with Crippen molar-refractivity contribution in [2.75, 3.05) is 0 Å². The van der Waals surface area contributed by atoms with E-state index in [4.69, 9.17) is 14.4 Å². The van der Waals surface area contributed by atoms with Gasteiger partial charge in [0.25, 0.3) is 0 Å². The second-order valence-corrected chi connectivity index (χ2v) is 14.2. The van der Waals surface area contributed by atoms with Crippen LogP contribution in [0.3, 0.4) is 0 Å². The van der Waals surface area contributed by atoms with Crippen LogP contribution in [-0.4, -0.2) is 14.5 Å². The van der Waals surface area contributed by atoms with Crippen LogP contribution in [0.25, 0.3) is 106 Å². The Bertz CT molecular complexity index is 3070. The van der Waals surface area contributed by atoms with Crippen LogP contribution in [0.4, 0.5) is 0 Å². The average Bonchev–Trinajstić information content (AvgIpc) is 3.82. The van der Waals surface area contributed by atoms with Gasteiger partial charge >= 0.3 is 0 Å². The molecule has 56 heavy (non-hydrogen) atoms. The molecule has 3 aromatic heterocycles. The summed E-state index contributed by atoms with van der Waals surface area (Å²) in [6.07, 6.45) is 0. The molecule has 8 aromatic carbocycles. The van der Waals surface area contributed by atoms with E-state index in [9.17, 15) is 0 Å². The maximum atomic E-state index is 6.72. The predicted molar refractivity (Wildman–Crippen MR) is 231 cm³/mol. The highest BCUT2D eigenvalue weighted by molar-refractivity contribution is 6.15. The topological polar surface area (TPSA) is 43.9 Å². The molecule has 3 heterocycles. The zero-order valence-corrected chi connectivity index (χ0v) is 30.3. The second kappa shape index (κ2) is 13.1. The van der Waals surface area contributed by atoms with Crippen molar-refractivity contribution in [1.82, 2.24) is 14.5 Å². The van der Waals surface area contributed by atoms with E-state index in [2.05, 4.69) is 168 Å². The Balaban J connectivity index is 1.13. The van der Waals surface area contributed by atoms with E-state index in [1.807, 2.05) is 36.4 Å². The van der Waals surface area contributed by atoms with Crippen LogP contribution >= 0.6 is 0 Å². The number of hydrogen-bond donors (Lipinski definition) is 0. The number of aromatic nitrogens is 3. The molecule has 0 N–H and O–H groups in total. The molecule has 0 bridgehead atoms. The number of furan rings is 1. The van der Waals surface area contributed by atoms with Gasteiger partial charge in [0.1, 0.15) is 11.2 Å². The highest BCUT2D eigenvalue weighted by Gasteiger charge is 2.20. The van der Waals surface area contributed by atoms with Gasteiger partial charge in [-0.25, -0.2) is 9.97 Å². The number of fused-ring (bicyclic) bond motifs is 6. The fraction of sp³-hybridized carbons (Fsp3) is 0. The van der Waals surface area contributed by atoms with Crippen LogP contribution in [0, 0.1) is 0 Å². The highest BCUT2D eigenvalue weighted by Crippen LogP contribution is 2.42. The van der Waals surface area contributed by atoms with Gasteiger partial charge < -0.3 is 8.98 Å². The van der Waals surface area contributed by atoms with Gasteiger partial charge in [-0.05, 0) is 64.7 Å². The van der Waals surface area contributed by atoms with Gasteiger partial charge in [0.15, 0.2) is 5.82 Å². The normalized spacial score (nSPS) is 11.6.